The molecule has 0 N–H and O–H groups in total. The molecule has 0 aromatic heterocycles. The Morgan fingerprint density at radius 3 is 2.47 bits per heavy atom. The number of hydrogen-bond acceptors (Lipinski definition) is 4. The van der Waals surface area contributed by atoms with Gasteiger partial charge in [0.25, 0.3) is 0 Å². The molecule has 1 aromatic rings. The average molecular weight is 413 g/mol. The molecule has 0 unspecified atom stereocenters. The van der Waals surface area contributed by atoms with Crippen LogP contribution in [-0.2, 0) is 9.59 Å². The first-order valence-corrected chi connectivity index (χ1v) is 10.8. The van der Waals surface area contributed by atoms with Gasteiger partial charge in [-0.25, -0.2) is 0 Å². The molecule has 0 radical (unpaired) electrons. The molecule has 162 valence electrons. The Kier molecular flexibility index (Phi) is 7.94. The summed E-state index contributed by atoms with van der Waals surface area (Å²) in [7, 11) is 1.59. The molecule has 1 heterocycles. The second-order valence-corrected chi connectivity index (χ2v) is 7.90. The summed E-state index contributed by atoms with van der Waals surface area (Å²) in [6.07, 6.45) is 10.6. The molecule has 2 amide bonds. The molecule has 2 aliphatic rings. The predicted octanol–water partition coefficient (Wildman–Crippen LogP) is 3.52. The van der Waals surface area contributed by atoms with E-state index in [1.165, 1.54) is 25.7 Å². The maximum Gasteiger partial charge on any atom is 0.246 e. The van der Waals surface area contributed by atoms with Crippen LogP contribution in [0, 0.1) is 5.92 Å². The smallest absolute Gasteiger partial charge is 0.246 e. The topological polar surface area (TPSA) is 59.1 Å². The first-order chi connectivity index (χ1) is 14.6. The molecular weight excluding hydrogens is 380 g/mol. The summed E-state index contributed by atoms with van der Waals surface area (Å²) in [4.78, 5) is 28.7. The van der Waals surface area contributed by atoms with E-state index in [-0.39, 0.29) is 11.8 Å². The predicted molar refractivity (Wildman–Crippen MR) is 117 cm³/mol. The zero-order valence-electron chi connectivity index (χ0n) is 17.8. The molecule has 2 fully saturated rings. The lowest BCUT2D eigenvalue weighted by Gasteiger charge is -2.34. The fourth-order valence-electron chi connectivity index (χ4n) is 4.10. The number of hydrogen-bond donors (Lipinski definition) is 0. The second-order valence-electron chi connectivity index (χ2n) is 7.90. The van der Waals surface area contributed by atoms with Crippen molar-refractivity contribution >= 4 is 17.9 Å². The van der Waals surface area contributed by atoms with Crippen molar-refractivity contribution in [2.75, 3.05) is 39.9 Å². The van der Waals surface area contributed by atoms with Gasteiger partial charge in [0.2, 0.25) is 11.8 Å². The van der Waals surface area contributed by atoms with Crippen LogP contribution in [0.3, 0.4) is 0 Å². The van der Waals surface area contributed by atoms with Crippen molar-refractivity contribution in [3.8, 4) is 11.5 Å². The Morgan fingerprint density at radius 1 is 1.10 bits per heavy atom. The van der Waals surface area contributed by atoms with Crippen molar-refractivity contribution < 1.29 is 19.1 Å². The van der Waals surface area contributed by atoms with Crippen LogP contribution in [-0.4, -0.2) is 61.5 Å². The highest BCUT2D eigenvalue weighted by Gasteiger charge is 2.26. The molecule has 6 heteroatoms. The van der Waals surface area contributed by atoms with E-state index in [1.807, 2.05) is 23.1 Å². The van der Waals surface area contributed by atoms with E-state index in [0.29, 0.717) is 56.6 Å². The highest BCUT2D eigenvalue weighted by Crippen LogP contribution is 2.29. The van der Waals surface area contributed by atoms with Gasteiger partial charge in [-0.15, -0.1) is 0 Å². The number of nitrogens with zero attached hydrogens (tertiary/aromatic N) is 2. The zero-order valence-corrected chi connectivity index (χ0v) is 17.8. The lowest BCUT2D eigenvalue weighted by Crippen LogP contribution is -2.50. The number of carbonyl (C=O) groups is 2. The van der Waals surface area contributed by atoms with Crippen LogP contribution in [0.5, 0.6) is 11.5 Å². The molecule has 1 aromatic carbocycles. The zero-order chi connectivity index (χ0) is 21.3. The Balaban J connectivity index is 1.49. The Bertz CT molecular complexity index is 775. The summed E-state index contributed by atoms with van der Waals surface area (Å²) in [5, 5.41) is 0. The van der Waals surface area contributed by atoms with E-state index in [0.717, 1.165) is 5.56 Å². The van der Waals surface area contributed by atoms with Gasteiger partial charge in [-0.1, -0.05) is 31.6 Å². The third kappa shape index (κ3) is 5.88. The molecule has 0 atom stereocenters. The van der Waals surface area contributed by atoms with Gasteiger partial charge in [-0.3, -0.25) is 9.59 Å². The van der Waals surface area contributed by atoms with Gasteiger partial charge < -0.3 is 19.3 Å². The standard InChI is InChI=1S/C24H32N2O4/c1-3-16-30-21-10-8-20(17-22(21)29-2)9-11-23(27)25-12-14-26(15-13-25)24(28)18-19-6-4-5-7-19/h3,8-11,17,19H,1,4-7,12-16,18H2,2H3/b11-9+. The van der Waals surface area contributed by atoms with Crippen LogP contribution in [0.1, 0.15) is 37.7 Å². The minimum absolute atomic E-state index is 0.0381. The Labute approximate surface area is 179 Å². The van der Waals surface area contributed by atoms with E-state index in [2.05, 4.69) is 6.58 Å². The molecule has 1 saturated carbocycles. The van der Waals surface area contributed by atoms with Crippen LogP contribution in [0.4, 0.5) is 0 Å². The number of carbonyl (C=O) groups excluding carboxylic acids is 2. The first-order valence-electron chi connectivity index (χ1n) is 10.8. The van der Waals surface area contributed by atoms with Gasteiger partial charge in [0.05, 0.1) is 7.11 Å². The molecule has 1 aliphatic heterocycles. The number of piperazine rings is 1. The Hall–Kier alpha value is -2.76. The minimum atomic E-state index is -0.0381. The third-order valence-corrected chi connectivity index (χ3v) is 5.84. The summed E-state index contributed by atoms with van der Waals surface area (Å²) in [5.41, 5.74) is 0.858. The molecular formula is C24H32N2O4. The lowest BCUT2D eigenvalue weighted by molar-refractivity contribution is -0.137. The van der Waals surface area contributed by atoms with E-state index in [4.69, 9.17) is 9.47 Å². The SMILES string of the molecule is C=CCOc1ccc(/C=C/C(=O)N2CCN(C(=O)CC3CCCC3)CC2)cc1OC. The highest BCUT2D eigenvalue weighted by molar-refractivity contribution is 5.92. The summed E-state index contributed by atoms with van der Waals surface area (Å²) in [6.45, 7) is 6.44. The largest absolute Gasteiger partial charge is 0.493 e. The monoisotopic (exact) mass is 412 g/mol. The van der Waals surface area contributed by atoms with E-state index >= 15 is 0 Å². The quantitative estimate of drug-likeness (QED) is 0.484. The fourth-order valence-corrected chi connectivity index (χ4v) is 4.10. The highest BCUT2D eigenvalue weighted by atomic mass is 16.5. The van der Waals surface area contributed by atoms with Crippen LogP contribution < -0.4 is 9.47 Å². The van der Waals surface area contributed by atoms with Crippen LogP contribution in [0.25, 0.3) is 6.08 Å². The molecule has 1 saturated heterocycles. The van der Waals surface area contributed by atoms with Gasteiger partial charge >= 0.3 is 0 Å². The van der Waals surface area contributed by atoms with Crippen LogP contribution in [0.15, 0.2) is 36.9 Å². The fraction of sp³-hybridized carbons (Fsp3) is 0.500. The number of methoxy groups -OCH3 is 1. The molecule has 0 bridgehead atoms. The maximum atomic E-state index is 12.6. The normalized spacial score (nSPS) is 17.4. The maximum absolute atomic E-state index is 12.6. The molecule has 6 nitrogen and oxygen atoms in total. The average Bonchev–Trinajstić information content (AvgIpc) is 3.29. The number of ether oxygens (including phenoxy) is 2. The van der Waals surface area contributed by atoms with Crippen molar-refractivity contribution in [3.05, 3.63) is 42.5 Å². The third-order valence-electron chi connectivity index (χ3n) is 5.84. The van der Waals surface area contributed by atoms with Gasteiger partial charge in [0.1, 0.15) is 6.61 Å². The van der Waals surface area contributed by atoms with Gasteiger partial charge in [-0.2, -0.15) is 0 Å². The Morgan fingerprint density at radius 2 is 1.80 bits per heavy atom. The van der Waals surface area contributed by atoms with E-state index < -0.39 is 0 Å². The minimum Gasteiger partial charge on any atom is -0.493 e. The molecule has 3 rings (SSSR count). The van der Waals surface area contributed by atoms with E-state index in [9.17, 15) is 9.59 Å². The van der Waals surface area contributed by atoms with Gasteiger partial charge in [-0.05, 0) is 42.5 Å². The van der Waals surface area contributed by atoms with Crippen molar-refractivity contribution in [1.82, 2.24) is 9.80 Å². The lowest BCUT2D eigenvalue weighted by atomic mass is 10.0. The first kappa shape index (κ1) is 21.9. The van der Waals surface area contributed by atoms with E-state index in [1.54, 1.807) is 30.2 Å². The van der Waals surface area contributed by atoms with Crippen molar-refractivity contribution in [2.45, 2.75) is 32.1 Å². The number of rotatable bonds is 8. The van der Waals surface area contributed by atoms with Crippen molar-refractivity contribution in [2.24, 2.45) is 5.92 Å². The second kappa shape index (κ2) is 10.9. The molecule has 30 heavy (non-hydrogen) atoms. The molecule has 0 spiro atoms. The number of amides is 2. The van der Waals surface area contributed by atoms with Gasteiger partial charge in [0, 0.05) is 38.7 Å². The summed E-state index contributed by atoms with van der Waals surface area (Å²) in [6, 6.07) is 5.54. The summed E-state index contributed by atoms with van der Waals surface area (Å²) >= 11 is 0. The van der Waals surface area contributed by atoms with Crippen molar-refractivity contribution in [1.29, 1.82) is 0 Å². The summed E-state index contributed by atoms with van der Waals surface area (Å²) in [5.74, 6) is 2.02. The summed E-state index contributed by atoms with van der Waals surface area (Å²) < 4.78 is 10.9. The van der Waals surface area contributed by atoms with Crippen molar-refractivity contribution in [3.63, 3.8) is 0 Å². The van der Waals surface area contributed by atoms with Crippen LogP contribution in [0.2, 0.25) is 0 Å². The van der Waals surface area contributed by atoms with Gasteiger partial charge in [0.15, 0.2) is 11.5 Å². The molecule has 1 aliphatic carbocycles. The van der Waals surface area contributed by atoms with Crippen LogP contribution >= 0.6 is 0 Å². The number of benzene rings is 1.